The maximum atomic E-state index is 11.2. The highest BCUT2D eigenvalue weighted by Gasteiger charge is 2.53. The first-order valence-electron chi connectivity index (χ1n) is 4.99. The summed E-state index contributed by atoms with van der Waals surface area (Å²) < 4.78 is 10.3. The van der Waals surface area contributed by atoms with E-state index in [1.165, 1.54) is 24.5 Å². The number of fused-ring (bicyclic) bond motifs is 1. The Morgan fingerprint density at radius 3 is 2.81 bits per heavy atom. The van der Waals surface area contributed by atoms with E-state index in [1.807, 2.05) is 0 Å². The van der Waals surface area contributed by atoms with Gasteiger partial charge >= 0.3 is 0 Å². The van der Waals surface area contributed by atoms with E-state index in [0.29, 0.717) is 5.57 Å². The van der Waals surface area contributed by atoms with Crippen LogP contribution >= 0.6 is 0 Å². The Labute approximate surface area is 90.6 Å². The number of hydrogen-bond donors (Lipinski definition) is 2. The Morgan fingerprint density at radius 1 is 1.25 bits per heavy atom. The Morgan fingerprint density at radius 2 is 2.06 bits per heavy atom. The third-order valence-electron chi connectivity index (χ3n) is 2.86. The molecule has 16 heavy (non-hydrogen) atoms. The first-order valence-corrected chi connectivity index (χ1v) is 4.99. The molecule has 0 radical (unpaired) electrons. The summed E-state index contributed by atoms with van der Waals surface area (Å²) in [4.78, 5) is 11.2. The van der Waals surface area contributed by atoms with Crippen LogP contribution < -0.4 is 5.43 Å². The number of rotatable bonds is 1. The van der Waals surface area contributed by atoms with Gasteiger partial charge < -0.3 is 19.4 Å². The zero-order valence-corrected chi connectivity index (χ0v) is 8.24. The zero-order chi connectivity index (χ0) is 11.3. The molecule has 2 heterocycles. The fourth-order valence-electron chi connectivity index (χ4n) is 1.98. The molecule has 2 N–H and O–H groups in total. The van der Waals surface area contributed by atoms with E-state index in [9.17, 15) is 15.0 Å². The molecular formula is C11H10O5. The third-order valence-corrected chi connectivity index (χ3v) is 2.86. The van der Waals surface area contributed by atoms with E-state index in [1.54, 1.807) is 0 Å². The molecule has 0 spiro atoms. The second-order valence-electron chi connectivity index (χ2n) is 3.95. The summed E-state index contributed by atoms with van der Waals surface area (Å²) in [5.41, 5.74) is 0.201. The van der Waals surface area contributed by atoms with Crippen molar-refractivity contribution >= 4 is 5.57 Å². The third kappa shape index (κ3) is 1.41. The van der Waals surface area contributed by atoms with Crippen LogP contribution in [0.1, 0.15) is 5.76 Å². The largest absolute Gasteiger partial charge is 0.464 e. The normalized spacial score (nSPS) is 36.5. The Bertz CT molecular complexity index is 503. The standard InChI is InChI=1S/C11H10O5/c12-5-1-2-15-8(3-5)6-4-7(13)10-11(16-10)9(6)14/h1-4,7,9-11,13-14H. The predicted octanol–water partition coefficient (Wildman–Crippen LogP) is -0.474. The summed E-state index contributed by atoms with van der Waals surface area (Å²) in [5.74, 6) is 0.271. The van der Waals surface area contributed by atoms with Gasteiger partial charge in [0.1, 0.15) is 30.2 Å². The van der Waals surface area contributed by atoms with Gasteiger partial charge in [0, 0.05) is 17.7 Å². The van der Waals surface area contributed by atoms with Crippen molar-refractivity contribution in [3.05, 3.63) is 40.5 Å². The lowest BCUT2D eigenvalue weighted by atomic mass is 9.93. The lowest BCUT2D eigenvalue weighted by Gasteiger charge is -2.17. The highest BCUT2D eigenvalue weighted by atomic mass is 16.6. The summed E-state index contributed by atoms with van der Waals surface area (Å²) in [5, 5.41) is 19.5. The molecule has 4 unspecified atom stereocenters. The summed E-state index contributed by atoms with van der Waals surface area (Å²) in [6.45, 7) is 0. The molecule has 0 aromatic carbocycles. The minimum absolute atomic E-state index is 0.206. The van der Waals surface area contributed by atoms with Gasteiger partial charge in [0.05, 0.1) is 6.26 Å². The van der Waals surface area contributed by atoms with Crippen LogP contribution in [0.3, 0.4) is 0 Å². The van der Waals surface area contributed by atoms with Crippen LogP contribution in [0, 0.1) is 0 Å². The molecule has 1 aliphatic carbocycles. The molecule has 1 aliphatic heterocycles. The summed E-state index contributed by atoms with van der Waals surface area (Å²) >= 11 is 0. The van der Waals surface area contributed by atoms with Crippen LogP contribution in [0.15, 0.2) is 33.7 Å². The molecule has 84 valence electrons. The molecule has 0 amide bonds. The number of aliphatic hydroxyl groups is 2. The molecule has 1 aromatic heterocycles. The van der Waals surface area contributed by atoms with Gasteiger partial charge in [-0.1, -0.05) is 0 Å². The second-order valence-corrected chi connectivity index (χ2v) is 3.95. The van der Waals surface area contributed by atoms with Crippen molar-refractivity contribution in [3.8, 4) is 0 Å². The number of aliphatic hydroxyl groups excluding tert-OH is 2. The van der Waals surface area contributed by atoms with E-state index in [-0.39, 0.29) is 23.4 Å². The van der Waals surface area contributed by atoms with Gasteiger partial charge in [-0.2, -0.15) is 0 Å². The molecular weight excluding hydrogens is 212 g/mol. The molecule has 5 heteroatoms. The predicted molar refractivity (Wildman–Crippen MR) is 53.6 cm³/mol. The number of epoxide rings is 1. The van der Waals surface area contributed by atoms with Crippen molar-refractivity contribution in [2.45, 2.75) is 24.4 Å². The molecule has 1 aromatic rings. The average molecular weight is 222 g/mol. The van der Waals surface area contributed by atoms with Crippen molar-refractivity contribution in [2.75, 3.05) is 0 Å². The number of hydrogen-bond acceptors (Lipinski definition) is 5. The first-order chi connectivity index (χ1) is 7.66. The molecule has 1 saturated heterocycles. The molecule has 4 atom stereocenters. The van der Waals surface area contributed by atoms with Gasteiger partial charge in [0.2, 0.25) is 0 Å². The van der Waals surface area contributed by atoms with Crippen LogP contribution in [0.2, 0.25) is 0 Å². The molecule has 5 nitrogen and oxygen atoms in total. The smallest absolute Gasteiger partial charge is 0.185 e. The van der Waals surface area contributed by atoms with Crippen molar-refractivity contribution in [2.24, 2.45) is 0 Å². The van der Waals surface area contributed by atoms with Gasteiger partial charge in [-0.3, -0.25) is 4.79 Å². The minimum Gasteiger partial charge on any atom is -0.464 e. The highest BCUT2D eigenvalue weighted by molar-refractivity contribution is 5.68. The second kappa shape index (κ2) is 3.28. The van der Waals surface area contributed by atoms with Crippen LogP contribution in [0.5, 0.6) is 0 Å². The zero-order valence-electron chi connectivity index (χ0n) is 8.24. The van der Waals surface area contributed by atoms with Crippen molar-refractivity contribution in [1.29, 1.82) is 0 Å². The lowest BCUT2D eigenvalue weighted by molar-refractivity contribution is 0.177. The topological polar surface area (TPSA) is 83.2 Å². The number of ether oxygens (including phenoxy) is 1. The van der Waals surface area contributed by atoms with Gasteiger partial charge in [-0.05, 0) is 6.08 Å². The molecule has 3 rings (SSSR count). The van der Waals surface area contributed by atoms with Gasteiger partial charge in [0.25, 0.3) is 0 Å². The van der Waals surface area contributed by atoms with Crippen molar-refractivity contribution < 1.29 is 19.4 Å². The lowest BCUT2D eigenvalue weighted by Crippen LogP contribution is -2.29. The Balaban J connectivity index is 2.03. The first kappa shape index (κ1) is 9.77. The van der Waals surface area contributed by atoms with Crippen LogP contribution in [0.4, 0.5) is 0 Å². The minimum atomic E-state index is -0.848. The average Bonchev–Trinajstić information content (AvgIpc) is 3.04. The maximum Gasteiger partial charge on any atom is 0.185 e. The Kier molecular flexibility index (Phi) is 2.00. The van der Waals surface area contributed by atoms with Crippen molar-refractivity contribution in [1.82, 2.24) is 0 Å². The summed E-state index contributed by atoms with van der Waals surface area (Å²) in [6.07, 6.45) is 0.414. The van der Waals surface area contributed by atoms with E-state index in [4.69, 9.17) is 9.15 Å². The van der Waals surface area contributed by atoms with E-state index in [2.05, 4.69) is 0 Å². The van der Waals surface area contributed by atoms with Gasteiger partial charge in [-0.15, -0.1) is 0 Å². The molecule has 1 fully saturated rings. The summed E-state index contributed by atoms with van der Waals surface area (Å²) in [7, 11) is 0. The van der Waals surface area contributed by atoms with E-state index >= 15 is 0 Å². The van der Waals surface area contributed by atoms with Crippen molar-refractivity contribution in [3.63, 3.8) is 0 Å². The fraction of sp³-hybridized carbons (Fsp3) is 0.364. The van der Waals surface area contributed by atoms with Gasteiger partial charge in [-0.25, -0.2) is 0 Å². The monoisotopic (exact) mass is 222 g/mol. The van der Waals surface area contributed by atoms with Crippen LogP contribution in [-0.2, 0) is 4.74 Å². The molecule has 0 saturated carbocycles. The Hall–Kier alpha value is -1.43. The quantitative estimate of drug-likeness (QED) is 0.627. The van der Waals surface area contributed by atoms with Gasteiger partial charge in [0.15, 0.2) is 5.43 Å². The fourth-order valence-corrected chi connectivity index (χ4v) is 1.98. The van der Waals surface area contributed by atoms with E-state index < -0.39 is 12.2 Å². The summed E-state index contributed by atoms with van der Waals surface area (Å²) in [6, 6.07) is 2.57. The van der Waals surface area contributed by atoms with E-state index in [0.717, 1.165) is 0 Å². The van der Waals surface area contributed by atoms with Crippen LogP contribution in [-0.4, -0.2) is 34.6 Å². The molecule has 2 aliphatic rings. The SMILES string of the molecule is O=c1ccoc(C2=CC(O)C3OC3C2O)c1. The molecule has 0 bridgehead atoms. The maximum absolute atomic E-state index is 11.2. The highest BCUT2D eigenvalue weighted by Crippen LogP contribution is 2.39. The van der Waals surface area contributed by atoms with Crippen LogP contribution in [0.25, 0.3) is 5.57 Å².